The van der Waals surface area contributed by atoms with E-state index in [1.165, 1.54) is 5.39 Å². The molecule has 0 saturated heterocycles. The molecule has 0 unspecified atom stereocenters. The van der Waals surface area contributed by atoms with Crippen LogP contribution in [0, 0.1) is 0 Å². The van der Waals surface area contributed by atoms with Gasteiger partial charge in [0.1, 0.15) is 5.76 Å². The highest BCUT2D eigenvalue weighted by atomic mass is 16.4. The van der Waals surface area contributed by atoms with E-state index in [2.05, 4.69) is 48.2 Å². The maximum atomic E-state index is 10.3. The first-order chi connectivity index (χ1) is 17.5. The summed E-state index contributed by atoms with van der Waals surface area (Å²) in [6.07, 6.45) is 0.576. The lowest BCUT2D eigenvalue weighted by molar-refractivity contribution is -0.170. The SMILES string of the molecule is CN(C)CCCN(Cc1ccc2ccccc2n1)Cc1ccco1.O=C(O)CC(O)(CC(=O)O)C(=O)O. The molecule has 0 spiro atoms. The van der Waals surface area contributed by atoms with Crippen molar-refractivity contribution < 1.29 is 39.2 Å². The van der Waals surface area contributed by atoms with Crippen molar-refractivity contribution in [1.29, 1.82) is 0 Å². The van der Waals surface area contributed by atoms with Crippen LogP contribution in [0.2, 0.25) is 0 Å². The van der Waals surface area contributed by atoms with Crippen molar-refractivity contribution in [3.63, 3.8) is 0 Å². The molecule has 3 rings (SSSR count). The number of carbonyl (C=O) groups is 3. The molecular weight excluding hydrogens is 482 g/mol. The first-order valence-electron chi connectivity index (χ1n) is 11.6. The number of hydrogen-bond acceptors (Lipinski definition) is 8. The lowest BCUT2D eigenvalue weighted by Crippen LogP contribution is -2.42. The fraction of sp³-hybridized carbons (Fsp3) is 0.385. The normalized spacial score (nSPS) is 11.4. The molecule has 3 aromatic rings. The summed E-state index contributed by atoms with van der Waals surface area (Å²) in [7, 11) is 4.23. The summed E-state index contributed by atoms with van der Waals surface area (Å²) < 4.78 is 5.53. The smallest absolute Gasteiger partial charge is 0.336 e. The number of furan rings is 1. The van der Waals surface area contributed by atoms with Crippen LogP contribution < -0.4 is 0 Å². The van der Waals surface area contributed by atoms with E-state index in [9.17, 15) is 14.4 Å². The summed E-state index contributed by atoms with van der Waals surface area (Å²) in [6, 6.07) is 16.5. The third-order valence-corrected chi connectivity index (χ3v) is 5.37. The van der Waals surface area contributed by atoms with Gasteiger partial charge >= 0.3 is 17.9 Å². The van der Waals surface area contributed by atoms with Crippen molar-refractivity contribution in [2.75, 3.05) is 27.2 Å². The van der Waals surface area contributed by atoms with E-state index in [0.29, 0.717) is 0 Å². The van der Waals surface area contributed by atoms with E-state index in [1.807, 2.05) is 24.3 Å². The van der Waals surface area contributed by atoms with Gasteiger partial charge in [-0.25, -0.2) is 4.79 Å². The van der Waals surface area contributed by atoms with Gasteiger partial charge in [0.2, 0.25) is 0 Å². The largest absolute Gasteiger partial charge is 0.481 e. The Balaban J connectivity index is 0.000000317. The summed E-state index contributed by atoms with van der Waals surface area (Å²) in [5.74, 6) is -4.02. The van der Waals surface area contributed by atoms with Crippen molar-refractivity contribution in [3.05, 3.63) is 66.2 Å². The first-order valence-corrected chi connectivity index (χ1v) is 11.6. The predicted octanol–water partition coefficient (Wildman–Crippen LogP) is 2.53. The quantitative estimate of drug-likeness (QED) is 0.264. The average molecular weight is 516 g/mol. The zero-order valence-electron chi connectivity index (χ0n) is 20.9. The molecule has 1 aromatic carbocycles. The molecule has 37 heavy (non-hydrogen) atoms. The summed E-state index contributed by atoms with van der Waals surface area (Å²) in [4.78, 5) is 39.9. The van der Waals surface area contributed by atoms with Crippen LogP contribution in [0.3, 0.4) is 0 Å². The Bertz CT molecular complexity index is 1150. The van der Waals surface area contributed by atoms with E-state index < -0.39 is 36.4 Å². The number of aliphatic hydroxyl groups is 1. The van der Waals surface area contributed by atoms with E-state index in [-0.39, 0.29) is 0 Å². The molecule has 2 aromatic heterocycles. The van der Waals surface area contributed by atoms with Crippen LogP contribution in [-0.2, 0) is 27.5 Å². The molecule has 0 aliphatic carbocycles. The summed E-state index contributed by atoms with van der Waals surface area (Å²) in [5.41, 5.74) is -0.580. The molecule has 0 bridgehead atoms. The number of fused-ring (bicyclic) bond motifs is 1. The fourth-order valence-corrected chi connectivity index (χ4v) is 3.59. The number of aliphatic carboxylic acids is 3. The third-order valence-electron chi connectivity index (χ3n) is 5.37. The van der Waals surface area contributed by atoms with Crippen LogP contribution >= 0.6 is 0 Å². The minimum atomic E-state index is -2.74. The van der Waals surface area contributed by atoms with Gasteiger partial charge in [-0.15, -0.1) is 0 Å². The Morgan fingerprint density at radius 2 is 1.57 bits per heavy atom. The fourth-order valence-electron chi connectivity index (χ4n) is 3.59. The van der Waals surface area contributed by atoms with Crippen LogP contribution in [0.5, 0.6) is 0 Å². The minimum Gasteiger partial charge on any atom is -0.481 e. The summed E-state index contributed by atoms with van der Waals surface area (Å²) >= 11 is 0. The van der Waals surface area contributed by atoms with Crippen LogP contribution in [0.25, 0.3) is 10.9 Å². The number of hydrogen-bond donors (Lipinski definition) is 4. The second-order valence-electron chi connectivity index (χ2n) is 8.92. The molecule has 4 N–H and O–H groups in total. The molecule has 200 valence electrons. The average Bonchev–Trinajstić information content (AvgIpc) is 3.31. The molecule has 2 heterocycles. The molecule has 0 aliphatic rings. The molecule has 0 aliphatic heterocycles. The molecule has 0 saturated carbocycles. The Morgan fingerprint density at radius 3 is 2.14 bits per heavy atom. The summed E-state index contributed by atoms with van der Waals surface area (Å²) in [6.45, 7) is 3.75. The second-order valence-corrected chi connectivity index (χ2v) is 8.92. The van der Waals surface area contributed by atoms with Gasteiger partial charge in [0.25, 0.3) is 0 Å². The molecule has 0 radical (unpaired) electrons. The molecule has 0 atom stereocenters. The number of aromatic nitrogens is 1. The number of rotatable bonds is 13. The van der Waals surface area contributed by atoms with Crippen molar-refractivity contribution in [2.24, 2.45) is 0 Å². The van der Waals surface area contributed by atoms with Crippen molar-refractivity contribution >= 4 is 28.8 Å². The van der Waals surface area contributed by atoms with Gasteiger partial charge in [-0.05, 0) is 51.3 Å². The topological polar surface area (TPSA) is 165 Å². The minimum absolute atomic E-state index is 0.814. The van der Waals surface area contributed by atoms with Gasteiger partial charge in [0, 0.05) is 18.5 Å². The van der Waals surface area contributed by atoms with Gasteiger partial charge in [0.15, 0.2) is 5.60 Å². The first kappa shape index (κ1) is 29.4. The van der Waals surface area contributed by atoms with E-state index in [1.54, 1.807) is 6.26 Å². The zero-order valence-corrected chi connectivity index (χ0v) is 20.9. The highest BCUT2D eigenvalue weighted by molar-refractivity contribution is 5.88. The van der Waals surface area contributed by atoms with Gasteiger partial charge < -0.3 is 29.7 Å². The molecule has 0 amide bonds. The number of carboxylic acids is 3. The van der Waals surface area contributed by atoms with Crippen LogP contribution in [0.15, 0.2) is 59.2 Å². The van der Waals surface area contributed by atoms with Gasteiger partial charge in [0.05, 0.1) is 36.9 Å². The zero-order chi connectivity index (χ0) is 27.4. The van der Waals surface area contributed by atoms with Gasteiger partial charge in [-0.3, -0.25) is 19.5 Å². The van der Waals surface area contributed by atoms with Gasteiger partial charge in [-0.1, -0.05) is 24.3 Å². The lowest BCUT2D eigenvalue weighted by Gasteiger charge is -2.22. The third kappa shape index (κ3) is 10.4. The van der Waals surface area contributed by atoms with E-state index in [0.717, 1.165) is 49.6 Å². The van der Waals surface area contributed by atoms with Crippen LogP contribution in [-0.4, -0.2) is 85.9 Å². The maximum Gasteiger partial charge on any atom is 0.336 e. The molecule has 0 fully saturated rings. The molecule has 11 nitrogen and oxygen atoms in total. The second kappa shape index (κ2) is 14.1. The van der Waals surface area contributed by atoms with Gasteiger partial charge in [-0.2, -0.15) is 0 Å². The standard InChI is InChI=1S/C20H25N3O.C6H8O7/c1-22(2)12-6-13-23(16-19-8-5-14-24-19)15-18-11-10-17-7-3-4-9-20(17)21-18;7-3(8)1-6(13,5(11)12)2-4(9)10/h3-5,7-11,14H,6,12-13,15-16H2,1-2H3;13H,1-2H2,(H,7,8)(H,9,10)(H,11,12). The number of benzene rings is 1. The van der Waals surface area contributed by atoms with E-state index >= 15 is 0 Å². The Hall–Kier alpha value is -3.80. The van der Waals surface area contributed by atoms with Crippen LogP contribution in [0.1, 0.15) is 30.7 Å². The number of pyridine rings is 1. The van der Waals surface area contributed by atoms with Crippen molar-refractivity contribution in [3.8, 4) is 0 Å². The lowest BCUT2D eigenvalue weighted by atomic mass is 9.96. The Kier molecular flexibility index (Phi) is 11.2. The van der Waals surface area contributed by atoms with Crippen LogP contribution in [0.4, 0.5) is 0 Å². The number of nitrogens with zero attached hydrogens (tertiary/aromatic N) is 3. The number of carboxylic acid groups (broad SMARTS) is 3. The highest BCUT2D eigenvalue weighted by Crippen LogP contribution is 2.16. The monoisotopic (exact) mass is 515 g/mol. The Morgan fingerprint density at radius 1 is 0.892 bits per heavy atom. The van der Waals surface area contributed by atoms with Crippen molar-refractivity contribution in [1.82, 2.24) is 14.8 Å². The Labute approximate surface area is 214 Å². The molecule has 11 heteroatoms. The van der Waals surface area contributed by atoms with E-state index in [4.69, 9.17) is 29.8 Å². The predicted molar refractivity (Wildman–Crippen MR) is 135 cm³/mol. The summed E-state index contributed by atoms with van der Waals surface area (Å²) in [5, 5.41) is 35.0. The maximum absolute atomic E-state index is 10.3. The molecular formula is C26H33N3O8. The number of para-hydroxylation sites is 1. The van der Waals surface area contributed by atoms with Crippen molar-refractivity contribution in [2.45, 2.75) is 38.0 Å². The highest BCUT2D eigenvalue weighted by Gasteiger charge is 2.40.